The van der Waals surface area contributed by atoms with E-state index in [1.165, 1.54) is 31.7 Å². The molecule has 35 heavy (non-hydrogen) atoms. The summed E-state index contributed by atoms with van der Waals surface area (Å²) in [5, 5.41) is 0. The van der Waals surface area contributed by atoms with Crippen LogP contribution in [0.2, 0.25) is 0 Å². The van der Waals surface area contributed by atoms with E-state index in [9.17, 15) is 18.4 Å². The summed E-state index contributed by atoms with van der Waals surface area (Å²) in [6.07, 6.45) is 8.33. The molecular formula is C28H33F2N3O2. The van der Waals surface area contributed by atoms with Crippen LogP contribution in [0.4, 0.5) is 8.78 Å². The highest BCUT2D eigenvalue weighted by Crippen LogP contribution is 2.37. The lowest BCUT2D eigenvalue weighted by molar-refractivity contribution is 0.0387. The Kier molecular flexibility index (Phi) is 6.85. The molecule has 0 radical (unpaired) electrons. The molecule has 2 atom stereocenters. The molecule has 3 heterocycles. The van der Waals surface area contributed by atoms with E-state index in [0.29, 0.717) is 43.5 Å². The zero-order chi connectivity index (χ0) is 24.5. The number of carbonyl (C=O) groups is 2. The lowest BCUT2D eigenvalue weighted by atomic mass is 9.78. The van der Waals surface area contributed by atoms with Crippen LogP contribution >= 0.6 is 0 Å². The Labute approximate surface area is 205 Å². The minimum Gasteiger partial charge on any atom is -0.339 e. The maximum atomic E-state index is 14.1. The van der Waals surface area contributed by atoms with Gasteiger partial charge in [0.25, 0.3) is 11.8 Å². The standard InChI is InChI=1S/C28H33F2N3O2/c1-18-8-10-23(28(35)33-14-4-6-19-5-2-3-7-25(19)33)26(31-18)20-12-15-32(16-13-20)27(34)22-11-9-21(29)17-24(22)30/h8-11,17,19-20,25H,2-7,12-16H2,1H3/t19-,25+/m0/s1. The zero-order valence-electron chi connectivity index (χ0n) is 20.3. The molecule has 7 heteroatoms. The number of carbonyl (C=O) groups excluding carboxylic acids is 2. The fraction of sp³-hybridized carbons (Fsp3) is 0.536. The molecular weight excluding hydrogens is 448 g/mol. The van der Waals surface area contributed by atoms with E-state index < -0.39 is 17.5 Å². The molecule has 0 bridgehead atoms. The van der Waals surface area contributed by atoms with E-state index >= 15 is 0 Å². The predicted octanol–water partition coefficient (Wildman–Crippen LogP) is 5.48. The van der Waals surface area contributed by atoms with Crippen LogP contribution in [-0.2, 0) is 0 Å². The molecule has 3 fully saturated rings. The van der Waals surface area contributed by atoms with Gasteiger partial charge in [0, 0.05) is 43.4 Å². The summed E-state index contributed by atoms with van der Waals surface area (Å²) in [4.78, 5) is 35.2. The summed E-state index contributed by atoms with van der Waals surface area (Å²) < 4.78 is 27.4. The van der Waals surface area contributed by atoms with Gasteiger partial charge in [-0.2, -0.15) is 0 Å². The largest absolute Gasteiger partial charge is 0.339 e. The minimum absolute atomic E-state index is 0.0582. The third kappa shape index (κ3) is 4.82. The highest BCUT2D eigenvalue weighted by Gasteiger charge is 2.38. The molecule has 2 aliphatic heterocycles. The molecule has 2 aromatic rings. The number of hydrogen-bond acceptors (Lipinski definition) is 3. The van der Waals surface area contributed by atoms with Gasteiger partial charge in [-0.1, -0.05) is 12.8 Å². The molecule has 1 aliphatic carbocycles. The number of amides is 2. The fourth-order valence-corrected chi connectivity index (χ4v) is 6.29. The Hall–Kier alpha value is -2.83. The number of nitrogens with zero attached hydrogens (tertiary/aromatic N) is 3. The molecule has 0 N–H and O–H groups in total. The summed E-state index contributed by atoms with van der Waals surface area (Å²) in [7, 11) is 0. The first kappa shape index (κ1) is 23.9. The second-order valence-corrected chi connectivity index (χ2v) is 10.3. The number of likely N-dealkylation sites (tertiary alicyclic amines) is 2. The summed E-state index contributed by atoms with van der Waals surface area (Å²) in [6, 6.07) is 7.23. The van der Waals surface area contributed by atoms with E-state index in [1.54, 1.807) is 4.90 Å². The Morgan fingerprint density at radius 1 is 0.857 bits per heavy atom. The van der Waals surface area contributed by atoms with E-state index in [2.05, 4.69) is 4.90 Å². The molecule has 2 amide bonds. The predicted molar refractivity (Wildman–Crippen MR) is 129 cm³/mol. The van der Waals surface area contributed by atoms with Gasteiger partial charge in [-0.15, -0.1) is 0 Å². The highest BCUT2D eigenvalue weighted by molar-refractivity contribution is 5.96. The summed E-state index contributed by atoms with van der Waals surface area (Å²) in [6.45, 7) is 3.63. The molecule has 1 aromatic carbocycles. The van der Waals surface area contributed by atoms with Crippen molar-refractivity contribution in [3.8, 4) is 0 Å². The van der Waals surface area contributed by atoms with Gasteiger partial charge >= 0.3 is 0 Å². The number of hydrogen-bond donors (Lipinski definition) is 0. The summed E-state index contributed by atoms with van der Waals surface area (Å²) in [5.74, 6) is -1.20. The van der Waals surface area contributed by atoms with Crippen molar-refractivity contribution < 1.29 is 18.4 Å². The first-order valence-electron chi connectivity index (χ1n) is 12.9. The Bertz CT molecular complexity index is 1110. The number of benzene rings is 1. The van der Waals surface area contributed by atoms with Crippen molar-refractivity contribution in [2.24, 2.45) is 5.92 Å². The molecule has 186 valence electrons. The number of aromatic nitrogens is 1. The van der Waals surface area contributed by atoms with Gasteiger partial charge in [0.05, 0.1) is 16.8 Å². The number of rotatable bonds is 3. The monoisotopic (exact) mass is 481 g/mol. The number of pyridine rings is 1. The summed E-state index contributed by atoms with van der Waals surface area (Å²) >= 11 is 0. The van der Waals surface area contributed by atoms with E-state index in [0.717, 1.165) is 42.9 Å². The van der Waals surface area contributed by atoms with Crippen molar-refractivity contribution in [2.75, 3.05) is 19.6 Å². The number of halogens is 2. The van der Waals surface area contributed by atoms with Crippen molar-refractivity contribution in [1.29, 1.82) is 0 Å². The molecule has 1 saturated carbocycles. The van der Waals surface area contributed by atoms with Crippen LogP contribution in [0.1, 0.15) is 89.4 Å². The van der Waals surface area contributed by atoms with Gasteiger partial charge in [0.1, 0.15) is 11.6 Å². The highest BCUT2D eigenvalue weighted by atomic mass is 19.1. The van der Waals surface area contributed by atoms with Crippen molar-refractivity contribution >= 4 is 11.8 Å². The Morgan fingerprint density at radius 2 is 1.57 bits per heavy atom. The molecule has 0 unspecified atom stereocenters. The average Bonchev–Trinajstić information content (AvgIpc) is 2.87. The molecule has 1 aromatic heterocycles. The van der Waals surface area contributed by atoms with Crippen molar-refractivity contribution in [1.82, 2.24) is 14.8 Å². The third-order valence-electron chi connectivity index (χ3n) is 8.13. The average molecular weight is 482 g/mol. The first-order valence-corrected chi connectivity index (χ1v) is 12.9. The third-order valence-corrected chi connectivity index (χ3v) is 8.13. The quantitative estimate of drug-likeness (QED) is 0.583. The lowest BCUT2D eigenvalue weighted by Crippen LogP contribution is -2.50. The SMILES string of the molecule is Cc1ccc(C(=O)N2CCC[C@@H]3CCCC[C@H]32)c(C2CCN(C(=O)c3ccc(F)cc3F)CC2)n1. The van der Waals surface area contributed by atoms with Crippen molar-refractivity contribution in [3.05, 3.63) is 64.5 Å². The maximum absolute atomic E-state index is 14.1. The van der Waals surface area contributed by atoms with Gasteiger partial charge in [0.15, 0.2) is 0 Å². The topological polar surface area (TPSA) is 53.5 Å². The van der Waals surface area contributed by atoms with Gasteiger partial charge in [-0.25, -0.2) is 8.78 Å². The molecule has 2 saturated heterocycles. The van der Waals surface area contributed by atoms with E-state index in [-0.39, 0.29) is 17.4 Å². The molecule has 5 rings (SSSR count). The molecule has 5 nitrogen and oxygen atoms in total. The van der Waals surface area contributed by atoms with Gasteiger partial charge in [-0.3, -0.25) is 14.6 Å². The Morgan fingerprint density at radius 3 is 2.34 bits per heavy atom. The van der Waals surface area contributed by atoms with Crippen LogP contribution in [-0.4, -0.2) is 52.3 Å². The zero-order valence-corrected chi connectivity index (χ0v) is 20.3. The normalized spacial score (nSPS) is 23.2. The summed E-state index contributed by atoms with van der Waals surface area (Å²) in [5.41, 5.74) is 2.28. The number of fused-ring (bicyclic) bond motifs is 1. The minimum atomic E-state index is -0.840. The van der Waals surface area contributed by atoms with Crippen LogP contribution in [0.15, 0.2) is 30.3 Å². The number of piperidine rings is 2. The van der Waals surface area contributed by atoms with Crippen molar-refractivity contribution in [2.45, 2.75) is 70.3 Å². The molecule has 0 spiro atoms. The number of aryl methyl sites for hydroxylation is 1. The molecule has 3 aliphatic rings. The first-order chi connectivity index (χ1) is 16.9. The van der Waals surface area contributed by atoms with E-state index in [1.807, 2.05) is 19.1 Å². The lowest BCUT2D eigenvalue weighted by Gasteiger charge is -2.44. The maximum Gasteiger partial charge on any atom is 0.256 e. The fourth-order valence-electron chi connectivity index (χ4n) is 6.29. The smallest absolute Gasteiger partial charge is 0.256 e. The second-order valence-electron chi connectivity index (χ2n) is 10.3. The van der Waals surface area contributed by atoms with Crippen molar-refractivity contribution in [3.63, 3.8) is 0 Å². The second kappa shape index (κ2) is 10.0. The van der Waals surface area contributed by atoms with Crippen LogP contribution in [0.3, 0.4) is 0 Å². The van der Waals surface area contributed by atoms with E-state index in [4.69, 9.17) is 4.98 Å². The Balaban J connectivity index is 1.32. The van der Waals surface area contributed by atoms with Crippen LogP contribution in [0, 0.1) is 24.5 Å². The van der Waals surface area contributed by atoms with Gasteiger partial charge in [0.2, 0.25) is 0 Å². The van der Waals surface area contributed by atoms with Gasteiger partial charge < -0.3 is 9.80 Å². The van der Waals surface area contributed by atoms with Crippen LogP contribution in [0.5, 0.6) is 0 Å². The van der Waals surface area contributed by atoms with Gasteiger partial charge in [-0.05, 0) is 75.6 Å². The van der Waals surface area contributed by atoms with Crippen LogP contribution < -0.4 is 0 Å². The van der Waals surface area contributed by atoms with Crippen LogP contribution in [0.25, 0.3) is 0 Å².